The zero-order chi connectivity index (χ0) is 61.6. The van der Waals surface area contributed by atoms with E-state index in [0.717, 1.165) is 51.4 Å². The Bertz CT molecular complexity index is 1510. The lowest BCUT2D eigenvalue weighted by Gasteiger charge is -2.40. The van der Waals surface area contributed by atoms with Crippen LogP contribution >= 0.6 is 0 Å². The summed E-state index contributed by atoms with van der Waals surface area (Å²) in [6.45, 7) is 4.33. The van der Waals surface area contributed by atoms with Gasteiger partial charge in [-0.25, -0.2) is 0 Å². The van der Waals surface area contributed by atoms with E-state index in [4.69, 9.17) is 14.2 Å². The Hall–Kier alpha value is -2.12. The van der Waals surface area contributed by atoms with E-state index in [-0.39, 0.29) is 18.5 Å². The van der Waals surface area contributed by atoms with Gasteiger partial charge in [0.05, 0.1) is 32.0 Å². The van der Waals surface area contributed by atoms with Crippen molar-refractivity contribution in [1.82, 2.24) is 5.32 Å². The van der Waals surface area contributed by atoms with Crippen LogP contribution in [0.25, 0.3) is 0 Å². The lowest BCUT2D eigenvalue weighted by atomic mass is 9.99. The first-order valence-corrected chi connectivity index (χ1v) is 36.8. The Labute approximate surface area is 523 Å². The van der Waals surface area contributed by atoms with Gasteiger partial charge in [0.1, 0.15) is 24.4 Å². The van der Waals surface area contributed by atoms with E-state index in [2.05, 4.69) is 43.5 Å². The summed E-state index contributed by atoms with van der Waals surface area (Å²) in [5.41, 5.74) is 0. The highest BCUT2D eigenvalue weighted by atomic mass is 16.7. The topological polar surface area (TPSA) is 175 Å². The van der Waals surface area contributed by atoms with Crippen molar-refractivity contribution in [3.8, 4) is 0 Å². The zero-order valence-corrected chi connectivity index (χ0v) is 55.6. The van der Waals surface area contributed by atoms with E-state index in [0.29, 0.717) is 19.4 Å². The molecule has 1 saturated heterocycles. The summed E-state index contributed by atoms with van der Waals surface area (Å²) < 4.78 is 16.7. The zero-order valence-electron chi connectivity index (χ0n) is 55.6. The van der Waals surface area contributed by atoms with Gasteiger partial charge in [0.15, 0.2) is 6.29 Å². The molecule has 0 radical (unpaired) electrons. The molecule has 1 fully saturated rings. The molecule has 0 spiro atoms. The summed E-state index contributed by atoms with van der Waals surface area (Å²) in [6, 6.07) is -0.824. The SMILES string of the molecule is CCCCCC/C=C/CC/C=C/C(O)C(COC1OC(CO)C(O)C(O)C1O)NC(=O)CCCCCCCCCCCCCCCCCCC/C=C\CCCCCCCCCCCCCCCCOC(=O)CCCCCCCCCCCCCC. The molecule has 6 N–H and O–H groups in total. The number of aliphatic hydroxyl groups excluding tert-OH is 5. The summed E-state index contributed by atoms with van der Waals surface area (Å²) in [4.78, 5) is 25.1. The maximum Gasteiger partial charge on any atom is 0.305 e. The molecule has 11 nitrogen and oxygen atoms in total. The Morgan fingerprint density at radius 2 is 0.765 bits per heavy atom. The Kier molecular flexibility index (Phi) is 60.4. The third-order valence-corrected chi connectivity index (χ3v) is 17.5. The molecule has 0 aromatic carbocycles. The number of aliphatic hydroxyl groups is 5. The van der Waals surface area contributed by atoms with Gasteiger partial charge in [-0.2, -0.15) is 0 Å². The number of hydrogen-bond donors (Lipinski definition) is 6. The average Bonchev–Trinajstić information content (AvgIpc) is 3.31. The first kappa shape index (κ1) is 80.9. The second-order valence-electron chi connectivity index (χ2n) is 25.6. The number of esters is 1. The number of allylic oxidation sites excluding steroid dienone is 5. The largest absolute Gasteiger partial charge is 0.466 e. The highest BCUT2D eigenvalue weighted by molar-refractivity contribution is 5.76. The normalized spacial score (nSPS) is 18.1. The Balaban J connectivity index is 1.90. The standard InChI is InChI=1S/C74H139NO10/c1-3-5-7-9-11-13-15-42-46-50-54-58-62-70(79)83-63-59-55-51-47-43-40-38-36-34-32-30-28-26-24-22-20-18-16-17-19-21-23-25-27-29-31-33-35-37-39-41-45-49-53-57-61-69(78)75-66(65-84-74-73(82)72(81)71(80)68(64-76)85-74)67(77)60-56-52-48-44-14-12-10-8-6-4-2/h14,18,20,44,56,60,66-68,71-74,76-77,80-82H,3-13,15-17,19,21-43,45-55,57-59,61-65H2,1-2H3,(H,75,78)/b20-18-,44-14+,60-56+. The molecule has 1 amide bonds. The third-order valence-electron chi connectivity index (χ3n) is 17.5. The van der Waals surface area contributed by atoms with Gasteiger partial charge in [-0.1, -0.05) is 314 Å². The predicted molar refractivity (Wildman–Crippen MR) is 357 cm³/mol. The first-order chi connectivity index (χ1) is 41.7. The molecule has 0 aliphatic carbocycles. The number of rotatable bonds is 65. The van der Waals surface area contributed by atoms with Crippen LogP contribution in [0.3, 0.4) is 0 Å². The number of nitrogens with one attached hydrogen (secondary N) is 1. The molecule has 7 atom stereocenters. The monoisotopic (exact) mass is 1200 g/mol. The fourth-order valence-electron chi connectivity index (χ4n) is 11.7. The highest BCUT2D eigenvalue weighted by Crippen LogP contribution is 2.23. The van der Waals surface area contributed by atoms with Crippen LogP contribution in [0.15, 0.2) is 36.5 Å². The lowest BCUT2D eigenvalue weighted by molar-refractivity contribution is -0.302. The highest BCUT2D eigenvalue weighted by Gasteiger charge is 2.44. The van der Waals surface area contributed by atoms with Gasteiger partial charge in [0.2, 0.25) is 5.91 Å². The molecule has 0 aromatic rings. The van der Waals surface area contributed by atoms with Crippen LogP contribution in [0.4, 0.5) is 0 Å². The molecule has 0 bridgehead atoms. The Morgan fingerprint density at radius 1 is 0.424 bits per heavy atom. The first-order valence-electron chi connectivity index (χ1n) is 36.8. The van der Waals surface area contributed by atoms with Crippen LogP contribution in [0.1, 0.15) is 361 Å². The molecule has 0 saturated carbocycles. The van der Waals surface area contributed by atoms with Crippen LogP contribution in [-0.2, 0) is 23.8 Å². The van der Waals surface area contributed by atoms with Crippen molar-refractivity contribution >= 4 is 11.9 Å². The molecular weight excluding hydrogens is 1060 g/mol. The van der Waals surface area contributed by atoms with Crippen LogP contribution < -0.4 is 5.32 Å². The maximum atomic E-state index is 13.0. The van der Waals surface area contributed by atoms with E-state index < -0.39 is 49.5 Å². The van der Waals surface area contributed by atoms with E-state index >= 15 is 0 Å². The van der Waals surface area contributed by atoms with Crippen LogP contribution in [-0.4, -0.2) is 100 Å². The van der Waals surface area contributed by atoms with Gasteiger partial charge in [0.25, 0.3) is 0 Å². The number of hydrogen-bond acceptors (Lipinski definition) is 10. The van der Waals surface area contributed by atoms with Crippen LogP contribution in [0, 0.1) is 0 Å². The molecule has 500 valence electrons. The molecule has 1 aliphatic rings. The van der Waals surface area contributed by atoms with Gasteiger partial charge in [-0.15, -0.1) is 0 Å². The number of amides is 1. The van der Waals surface area contributed by atoms with Crippen LogP contribution in [0.5, 0.6) is 0 Å². The van der Waals surface area contributed by atoms with Crippen LogP contribution in [0.2, 0.25) is 0 Å². The van der Waals surface area contributed by atoms with E-state index in [1.54, 1.807) is 6.08 Å². The van der Waals surface area contributed by atoms with Gasteiger partial charge in [-0.05, 0) is 70.6 Å². The summed E-state index contributed by atoms with van der Waals surface area (Å²) in [5.74, 6) is -0.174. The number of carbonyl (C=O) groups is 2. The second kappa shape index (κ2) is 63.4. The maximum absolute atomic E-state index is 13.0. The number of ether oxygens (including phenoxy) is 3. The van der Waals surface area contributed by atoms with Crippen molar-refractivity contribution < 1.29 is 49.3 Å². The second-order valence-corrected chi connectivity index (χ2v) is 25.6. The van der Waals surface area contributed by atoms with Crippen molar-refractivity contribution in [2.45, 2.75) is 403 Å². The fourth-order valence-corrected chi connectivity index (χ4v) is 11.7. The van der Waals surface area contributed by atoms with E-state index in [1.165, 1.54) is 283 Å². The molecule has 1 heterocycles. The predicted octanol–water partition coefficient (Wildman–Crippen LogP) is 19.0. The van der Waals surface area contributed by atoms with E-state index in [1.807, 2.05) is 6.08 Å². The minimum absolute atomic E-state index is 0.0143. The van der Waals surface area contributed by atoms with Crippen molar-refractivity contribution in [3.05, 3.63) is 36.5 Å². The molecule has 85 heavy (non-hydrogen) atoms. The smallest absolute Gasteiger partial charge is 0.305 e. The van der Waals surface area contributed by atoms with E-state index in [9.17, 15) is 35.1 Å². The van der Waals surface area contributed by atoms with Crippen molar-refractivity contribution in [2.24, 2.45) is 0 Å². The molecule has 1 rings (SSSR count). The quantitative estimate of drug-likeness (QED) is 0.0195. The summed E-state index contributed by atoms with van der Waals surface area (Å²) in [5, 5.41) is 54.3. The van der Waals surface area contributed by atoms with Gasteiger partial charge in [-0.3, -0.25) is 9.59 Å². The average molecular weight is 1200 g/mol. The number of carbonyl (C=O) groups excluding carboxylic acids is 2. The molecule has 0 aromatic heterocycles. The molecule has 11 heteroatoms. The molecule has 7 unspecified atom stereocenters. The summed E-state index contributed by atoms with van der Waals surface area (Å²) >= 11 is 0. The minimum Gasteiger partial charge on any atom is -0.466 e. The lowest BCUT2D eigenvalue weighted by Crippen LogP contribution is -2.60. The molecule has 1 aliphatic heterocycles. The van der Waals surface area contributed by atoms with Gasteiger partial charge < -0.3 is 45.1 Å². The number of unbranched alkanes of at least 4 members (excludes halogenated alkanes) is 47. The summed E-state index contributed by atoms with van der Waals surface area (Å²) in [7, 11) is 0. The Morgan fingerprint density at radius 3 is 1.18 bits per heavy atom. The summed E-state index contributed by atoms with van der Waals surface area (Å²) in [6.07, 6.45) is 71.7. The molecular formula is C74H139NO10. The third kappa shape index (κ3) is 52.4. The van der Waals surface area contributed by atoms with Gasteiger partial charge >= 0.3 is 5.97 Å². The van der Waals surface area contributed by atoms with Crippen molar-refractivity contribution in [3.63, 3.8) is 0 Å². The van der Waals surface area contributed by atoms with Crippen molar-refractivity contribution in [1.29, 1.82) is 0 Å². The fraction of sp³-hybridized carbons (Fsp3) is 0.892. The van der Waals surface area contributed by atoms with Crippen molar-refractivity contribution in [2.75, 3.05) is 19.8 Å². The van der Waals surface area contributed by atoms with Gasteiger partial charge in [0, 0.05) is 12.8 Å². The minimum atomic E-state index is -1.57.